The number of ketones is 2. The lowest BCUT2D eigenvalue weighted by Gasteiger charge is -2.72. The lowest BCUT2D eigenvalue weighted by molar-refractivity contribution is -0.744. The number of aliphatic hydroxyl groups is 2. The molecule has 0 unspecified atom stereocenters. The van der Waals surface area contributed by atoms with E-state index in [1.807, 2.05) is 13.8 Å². The molecule has 6 fully saturated rings. The minimum absolute atomic E-state index is 0.124. The Morgan fingerprint density at radius 1 is 1.10 bits per heavy atom. The van der Waals surface area contributed by atoms with Gasteiger partial charge in [0.2, 0.25) is 10.4 Å². The summed E-state index contributed by atoms with van der Waals surface area (Å²) in [5.41, 5.74) is -3.67. The maximum Gasteiger partial charge on any atom is 0.404 e. The van der Waals surface area contributed by atoms with E-state index in [9.17, 15) is 42.7 Å². The first kappa shape index (κ1) is 35.2. The van der Waals surface area contributed by atoms with Gasteiger partial charge in [-0.3, -0.25) is 19.2 Å². The third-order valence-corrected chi connectivity index (χ3v) is 13.6. The highest BCUT2D eigenvalue weighted by molar-refractivity contribution is 7.91. The Hall–Kier alpha value is -4.19. The molecule has 0 amide bonds. The van der Waals surface area contributed by atoms with Gasteiger partial charge in [0.1, 0.15) is 36.6 Å². The molecule has 8 atom stereocenters. The maximum absolute atomic E-state index is 14.2. The van der Waals surface area contributed by atoms with Gasteiger partial charge in [0.25, 0.3) is 9.84 Å². The molecule has 1 aromatic carbocycles. The fraction of sp³-hybridized carbons (Fsp3) is 0.588. The summed E-state index contributed by atoms with van der Waals surface area (Å²) in [6.07, 6.45) is -2.41. The minimum atomic E-state index is -4.32. The van der Waals surface area contributed by atoms with E-state index in [1.54, 1.807) is 6.07 Å². The molecule has 274 valence electrons. The van der Waals surface area contributed by atoms with Gasteiger partial charge in [-0.05, 0) is 58.4 Å². The number of hydrogen-bond acceptors (Lipinski definition) is 14. The van der Waals surface area contributed by atoms with Crippen LogP contribution in [-0.4, -0.2) is 85.1 Å². The number of ether oxygens (including phenoxy) is 4. The number of nitrogens with zero attached hydrogens (tertiary/aromatic N) is 1. The number of rotatable bonds is 10. The number of Topliss-reactive ketones (excluding diaryl/α,β-unsaturated/α-hetero) is 2. The molecule has 0 radical (unpaired) electrons. The average molecular weight is 732 g/mol. The van der Waals surface area contributed by atoms with E-state index < -0.39 is 110 Å². The van der Waals surface area contributed by atoms with Gasteiger partial charge < -0.3 is 29.2 Å². The molecule has 3 heterocycles. The first-order valence-electron chi connectivity index (χ1n) is 16.8. The van der Waals surface area contributed by atoms with E-state index >= 15 is 0 Å². The van der Waals surface area contributed by atoms with E-state index in [0.29, 0.717) is 19.3 Å². The topological polar surface area (TPSA) is 232 Å². The van der Waals surface area contributed by atoms with Crippen LogP contribution in [0, 0.1) is 38.9 Å². The number of H-pyrrole nitrogens is 1. The summed E-state index contributed by atoms with van der Waals surface area (Å²) in [5.74, 6) is -7.58. The normalized spacial score (nSPS) is 34.8. The Morgan fingerprint density at radius 3 is 2.53 bits per heavy atom. The summed E-state index contributed by atoms with van der Waals surface area (Å²) in [5, 5.41) is 25.3. The molecule has 2 saturated heterocycles. The van der Waals surface area contributed by atoms with E-state index in [-0.39, 0.29) is 40.5 Å². The Kier molecular flexibility index (Phi) is 8.24. The van der Waals surface area contributed by atoms with E-state index in [4.69, 9.17) is 18.9 Å². The molecule has 1 aromatic heterocycles. The summed E-state index contributed by atoms with van der Waals surface area (Å²) in [7, 11) is -4.32. The van der Waals surface area contributed by atoms with E-state index in [0.717, 1.165) is 0 Å². The highest BCUT2D eigenvalue weighted by Crippen LogP contribution is 2.76. The van der Waals surface area contributed by atoms with Crippen molar-refractivity contribution in [2.45, 2.75) is 80.3 Å². The van der Waals surface area contributed by atoms with E-state index in [2.05, 4.69) is 16.4 Å². The number of sulfone groups is 1. The fourth-order valence-corrected chi connectivity index (χ4v) is 11.1. The van der Waals surface area contributed by atoms with Crippen LogP contribution in [0.5, 0.6) is 5.88 Å². The van der Waals surface area contributed by atoms with Crippen molar-refractivity contribution in [1.29, 1.82) is 0 Å². The molecule has 8 rings (SSSR count). The monoisotopic (exact) mass is 731 g/mol. The molecule has 17 heteroatoms. The molecule has 4 aliphatic carbocycles. The molecule has 2 aliphatic heterocycles. The van der Waals surface area contributed by atoms with Crippen LogP contribution in [0.25, 0.3) is 0 Å². The maximum atomic E-state index is 14.2. The second-order valence-corrected chi connectivity index (χ2v) is 16.6. The van der Waals surface area contributed by atoms with Crippen molar-refractivity contribution in [2.24, 2.45) is 34.0 Å². The van der Waals surface area contributed by atoms with Crippen LogP contribution in [0.2, 0.25) is 0 Å². The molecule has 16 nitrogen and oxygen atoms in total. The zero-order chi connectivity index (χ0) is 36.7. The quantitative estimate of drug-likeness (QED) is 0.177. The SMILES string of the molecule is C=C1C(=O)[C@]23[C@H](OC(=O)CCC(=O)OCCOc4[nH]o[n+](=O)c4S(=O)(=O)c4ccccc4)[C@H]1CC[C@H]2[C@@]12CO[C@@]3(O)[C@@H](O)[C@@H]1C(C)(C)CCC2=O. The smallest absolute Gasteiger partial charge is 0.404 e. The Morgan fingerprint density at radius 2 is 1.80 bits per heavy atom. The summed E-state index contributed by atoms with van der Waals surface area (Å²) in [4.78, 5) is 65.7. The molecule has 4 saturated carbocycles. The number of hydrogen-bond donors (Lipinski definition) is 3. The number of benzene rings is 1. The lowest BCUT2D eigenvalue weighted by Crippen LogP contribution is -2.85. The highest BCUT2D eigenvalue weighted by Gasteiger charge is 2.88. The van der Waals surface area contributed by atoms with Gasteiger partial charge in [-0.2, -0.15) is 0 Å². The molecule has 6 aliphatic rings. The molecule has 51 heavy (non-hydrogen) atoms. The van der Waals surface area contributed by atoms with Crippen molar-refractivity contribution < 1.29 is 66.0 Å². The second kappa shape index (κ2) is 11.9. The van der Waals surface area contributed by atoms with Crippen molar-refractivity contribution >= 4 is 33.3 Å². The van der Waals surface area contributed by atoms with E-state index in [1.165, 1.54) is 24.3 Å². The Bertz CT molecular complexity index is 1990. The van der Waals surface area contributed by atoms with Gasteiger partial charge in [-0.25, -0.2) is 8.42 Å². The third-order valence-electron chi connectivity index (χ3n) is 11.9. The molecule has 2 aromatic rings. The van der Waals surface area contributed by atoms with Crippen LogP contribution in [-0.2, 0) is 43.2 Å². The number of aromatic nitrogens is 2. The molecule has 2 spiro atoms. The first-order chi connectivity index (χ1) is 24.0. The molecule has 3 N–H and O–H groups in total. The van der Waals surface area contributed by atoms with Crippen molar-refractivity contribution in [3.63, 3.8) is 0 Å². The highest BCUT2D eigenvalue weighted by atomic mass is 32.2. The van der Waals surface area contributed by atoms with Crippen molar-refractivity contribution in [1.82, 2.24) is 5.16 Å². The molecular formula is C34H39N2O14S+. The van der Waals surface area contributed by atoms with Crippen LogP contribution >= 0.6 is 0 Å². The van der Waals surface area contributed by atoms with Gasteiger partial charge in [-0.15, -0.1) is 0 Å². The predicted molar refractivity (Wildman–Crippen MR) is 168 cm³/mol. The number of carbonyl (C=O) groups is 4. The standard InChI is InChI=1S/C34H39N2O14S/c1-18-20-9-10-21-32-17-48-34(42,27(41)25(32)31(2,3)14-13-22(32)37)33(21,26(18)40)28(20)49-24(39)12-11-23(38)46-15-16-47-29-30(36(43)50-35-29)51(44,45)19-7-5-4-6-8-19/h4-8,20-21,25,27-28,35,41-42H,1,9-17H2,2-3H3/q+1/t20-,21-,25+,27-,28+,32+,33-,34-/m0/s1. The molecular weight excluding hydrogens is 692 g/mol. The van der Waals surface area contributed by atoms with Gasteiger partial charge >= 0.3 is 22.8 Å². The summed E-state index contributed by atoms with van der Waals surface area (Å²) >= 11 is 0. The van der Waals surface area contributed by atoms with Crippen LogP contribution in [0.1, 0.15) is 52.4 Å². The average Bonchev–Trinajstić information content (AvgIpc) is 3.52. The fourth-order valence-electron chi connectivity index (χ4n) is 9.81. The number of nitrogens with one attached hydrogen (secondary N) is 1. The third kappa shape index (κ3) is 4.77. The summed E-state index contributed by atoms with van der Waals surface area (Å²) in [6, 6.07) is 7.13. The van der Waals surface area contributed by atoms with Gasteiger partial charge in [-0.1, -0.05) is 43.3 Å². The number of fused-ring (bicyclic) bond motifs is 2. The Labute approximate surface area is 291 Å². The zero-order valence-corrected chi connectivity index (χ0v) is 28.8. The largest absolute Gasteiger partial charge is 0.462 e. The minimum Gasteiger partial charge on any atom is -0.462 e. The summed E-state index contributed by atoms with van der Waals surface area (Å²) in [6.45, 7) is 6.88. The number of carbonyl (C=O) groups excluding carboxylic acids is 4. The number of aromatic amines is 1. The first-order valence-corrected chi connectivity index (χ1v) is 18.3. The van der Waals surface area contributed by atoms with Crippen molar-refractivity contribution in [3.8, 4) is 5.88 Å². The van der Waals surface area contributed by atoms with Crippen molar-refractivity contribution in [2.75, 3.05) is 19.8 Å². The zero-order valence-electron chi connectivity index (χ0n) is 28.0. The van der Waals surface area contributed by atoms with Crippen LogP contribution in [0.4, 0.5) is 0 Å². The number of esters is 2. The van der Waals surface area contributed by atoms with Gasteiger partial charge in [0.05, 0.1) is 29.8 Å². The van der Waals surface area contributed by atoms with Gasteiger partial charge in [0, 0.05) is 18.3 Å². The van der Waals surface area contributed by atoms with Crippen LogP contribution < -0.4 is 9.34 Å². The van der Waals surface area contributed by atoms with Crippen molar-refractivity contribution in [3.05, 3.63) is 47.4 Å². The second-order valence-electron chi connectivity index (χ2n) is 14.7. The predicted octanol–water partition coefficient (Wildman–Crippen LogP) is 1.21. The molecule has 4 bridgehead atoms. The summed E-state index contributed by atoms with van der Waals surface area (Å²) < 4.78 is 52.4. The lowest BCUT2D eigenvalue weighted by atomic mass is 9.36. The number of aliphatic hydroxyl groups excluding tert-OH is 1. The van der Waals surface area contributed by atoms with Crippen LogP contribution in [0.3, 0.4) is 0 Å². The van der Waals surface area contributed by atoms with Crippen LogP contribution in [0.15, 0.2) is 57.0 Å². The van der Waals surface area contributed by atoms with Gasteiger partial charge in [0.15, 0.2) is 5.78 Å². The Balaban J connectivity index is 1.01.